The maximum Gasteiger partial charge on any atom is 0.305 e. The number of phenols is 1. The van der Waals surface area contributed by atoms with Gasteiger partial charge >= 0.3 is 5.97 Å². The number of aromatic hydroxyl groups is 1. The molecule has 0 aliphatic heterocycles. The lowest BCUT2D eigenvalue weighted by atomic mass is 10.1. The SMILES string of the molecule is COc1ccc(O)c(C(=O)N(CCC(=O)O)C(C)C)c1. The molecule has 6 nitrogen and oxygen atoms in total. The van der Waals surface area contributed by atoms with E-state index in [9.17, 15) is 14.7 Å². The number of ether oxygens (including phenoxy) is 1. The molecule has 0 radical (unpaired) electrons. The highest BCUT2D eigenvalue weighted by Gasteiger charge is 2.22. The van der Waals surface area contributed by atoms with E-state index in [1.807, 2.05) is 0 Å². The first-order valence-corrected chi connectivity index (χ1v) is 6.26. The van der Waals surface area contributed by atoms with Crippen molar-refractivity contribution in [3.8, 4) is 11.5 Å². The fourth-order valence-corrected chi connectivity index (χ4v) is 1.78. The standard InChI is InChI=1S/C14H19NO5/c1-9(2)15(7-6-13(17)18)14(19)11-8-10(20-3)4-5-12(11)16/h4-5,8-9,16H,6-7H2,1-3H3,(H,17,18). The average Bonchev–Trinajstić information content (AvgIpc) is 2.38. The largest absolute Gasteiger partial charge is 0.507 e. The van der Waals surface area contributed by atoms with E-state index in [2.05, 4.69) is 0 Å². The van der Waals surface area contributed by atoms with E-state index in [0.29, 0.717) is 5.75 Å². The number of amides is 1. The lowest BCUT2D eigenvalue weighted by Crippen LogP contribution is -2.38. The van der Waals surface area contributed by atoms with Crippen molar-refractivity contribution in [1.82, 2.24) is 4.90 Å². The number of carbonyl (C=O) groups excluding carboxylic acids is 1. The highest BCUT2D eigenvalue weighted by Crippen LogP contribution is 2.25. The second-order valence-electron chi connectivity index (χ2n) is 4.62. The molecule has 110 valence electrons. The van der Waals surface area contributed by atoms with Crippen molar-refractivity contribution in [3.05, 3.63) is 23.8 Å². The van der Waals surface area contributed by atoms with Gasteiger partial charge in [-0.05, 0) is 32.0 Å². The van der Waals surface area contributed by atoms with E-state index in [-0.39, 0.29) is 30.3 Å². The number of carboxylic acids is 1. The lowest BCUT2D eigenvalue weighted by molar-refractivity contribution is -0.137. The normalized spacial score (nSPS) is 10.4. The van der Waals surface area contributed by atoms with Crippen LogP contribution in [0.5, 0.6) is 11.5 Å². The van der Waals surface area contributed by atoms with Gasteiger partial charge in [-0.25, -0.2) is 0 Å². The summed E-state index contributed by atoms with van der Waals surface area (Å²) in [5.41, 5.74) is 0.100. The number of hydrogen-bond donors (Lipinski definition) is 2. The van der Waals surface area contributed by atoms with E-state index in [0.717, 1.165) is 0 Å². The Morgan fingerprint density at radius 2 is 2.00 bits per heavy atom. The van der Waals surface area contributed by atoms with Gasteiger partial charge in [0.1, 0.15) is 11.5 Å². The van der Waals surface area contributed by atoms with Crippen LogP contribution in [-0.4, -0.2) is 46.7 Å². The van der Waals surface area contributed by atoms with Gasteiger partial charge in [-0.15, -0.1) is 0 Å². The zero-order chi connectivity index (χ0) is 15.3. The van der Waals surface area contributed by atoms with Gasteiger partial charge in [0.05, 0.1) is 19.1 Å². The van der Waals surface area contributed by atoms with Crippen LogP contribution in [-0.2, 0) is 4.79 Å². The molecule has 1 rings (SSSR count). The Bertz CT molecular complexity index is 498. The van der Waals surface area contributed by atoms with Gasteiger partial charge in [-0.3, -0.25) is 9.59 Å². The molecule has 0 saturated carbocycles. The van der Waals surface area contributed by atoms with Crippen molar-refractivity contribution < 1.29 is 24.5 Å². The molecule has 20 heavy (non-hydrogen) atoms. The molecule has 1 amide bonds. The van der Waals surface area contributed by atoms with Crippen LogP contribution in [0.4, 0.5) is 0 Å². The molecular weight excluding hydrogens is 262 g/mol. The van der Waals surface area contributed by atoms with Crippen molar-refractivity contribution in [1.29, 1.82) is 0 Å². The fourth-order valence-electron chi connectivity index (χ4n) is 1.78. The second kappa shape index (κ2) is 6.79. The summed E-state index contributed by atoms with van der Waals surface area (Å²) >= 11 is 0. The quantitative estimate of drug-likeness (QED) is 0.829. The number of nitrogens with zero attached hydrogens (tertiary/aromatic N) is 1. The molecule has 1 aromatic carbocycles. The summed E-state index contributed by atoms with van der Waals surface area (Å²) in [6.45, 7) is 3.66. The molecule has 0 unspecified atom stereocenters. The Morgan fingerprint density at radius 1 is 1.35 bits per heavy atom. The van der Waals surface area contributed by atoms with Crippen LogP contribution in [0.15, 0.2) is 18.2 Å². The minimum Gasteiger partial charge on any atom is -0.507 e. The predicted molar refractivity (Wildman–Crippen MR) is 73.1 cm³/mol. The molecule has 0 fully saturated rings. The number of aliphatic carboxylic acids is 1. The van der Waals surface area contributed by atoms with Crippen LogP contribution in [0.2, 0.25) is 0 Å². The third kappa shape index (κ3) is 3.88. The van der Waals surface area contributed by atoms with Gasteiger partial charge in [-0.2, -0.15) is 0 Å². The molecule has 0 spiro atoms. The number of hydrogen-bond acceptors (Lipinski definition) is 4. The van der Waals surface area contributed by atoms with Crippen LogP contribution in [0.3, 0.4) is 0 Å². The van der Waals surface area contributed by atoms with Gasteiger partial charge in [0.25, 0.3) is 5.91 Å². The van der Waals surface area contributed by atoms with Gasteiger partial charge in [0.2, 0.25) is 0 Å². The third-order valence-corrected chi connectivity index (χ3v) is 2.88. The topological polar surface area (TPSA) is 87.1 Å². The summed E-state index contributed by atoms with van der Waals surface area (Å²) in [6, 6.07) is 4.19. The molecule has 1 aromatic rings. The summed E-state index contributed by atoms with van der Waals surface area (Å²) in [5.74, 6) is -1.10. The Kier molecular flexibility index (Phi) is 5.37. The first-order chi connectivity index (χ1) is 9.36. The van der Waals surface area contributed by atoms with Crippen LogP contribution in [0.1, 0.15) is 30.6 Å². The first kappa shape index (κ1) is 15.8. The van der Waals surface area contributed by atoms with E-state index in [1.54, 1.807) is 19.9 Å². The number of phenolic OH excluding ortho intramolecular Hbond substituents is 1. The first-order valence-electron chi connectivity index (χ1n) is 6.26. The van der Waals surface area contributed by atoms with Crippen molar-refractivity contribution in [3.63, 3.8) is 0 Å². The molecular formula is C14H19NO5. The van der Waals surface area contributed by atoms with Crippen molar-refractivity contribution in [2.75, 3.05) is 13.7 Å². The molecule has 0 saturated heterocycles. The summed E-state index contributed by atoms with van der Waals surface area (Å²) in [6.07, 6.45) is -0.144. The highest BCUT2D eigenvalue weighted by molar-refractivity contribution is 5.97. The molecule has 6 heteroatoms. The number of benzene rings is 1. The van der Waals surface area contributed by atoms with Crippen LogP contribution in [0.25, 0.3) is 0 Å². The second-order valence-corrected chi connectivity index (χ2v) is 4.62. The maximum absolute atomic E-state index is 12.4. The average molecular weight is 281 g/mol. The van der Waals surface area contributed by atoms with Gasteiger partial charge in [0, 0.05) is 12.6 Å². The molecule has 0 aliphatic rings. The monoisotopic (exact) mass is 281 g/mol. The van der Waals surface area contributed by atoms with E-state index in [1.165, 1.54) is 24.1 Å². The highest BCUT2D eigenvalue weighted by atomic mass is 16.5. The third-order valence-electron chi connectivity index (χ3n) is 2.88. The number of methoxy groups -OCH3 is 1. The summed E-state index contributed by atoms with van der Waals surface area (Å²) in [5, 5.41) is 18.5. The minimum atomic E-state index is -0.974. The number of carbonyl (C=O) groups is 2. The maximum atomic E-state index is 12.4. The van der Waals surface area contributed by atoms with Gasteiger partial charge in [0.15, 0.2) is 0 Å². The van der Waals surface area contributed by atoms with Crippen LogP contribution < -0.4 is 4.74 Å². The summed E-state index contributed by atoms with van der Waals surface area (Å²) in [4.78, 5) is 24.5. The van der Waals surface area contributed by atoms with Gasteiger partial charge < -0.3 is 19.8 Å². The van der Waals surface area contributed by atoms with Crippen molar-refractivity contribution >= 4 is 11.9 Å². The van der Waals surface area contributed by atoms with Gasteiger partial charge in [-0.1, -0.05) is 0 Å². The Hall–Kier alpha value is -2.24. The number of carboxylic acid groups (broad SMARTS) is 1. The molecule has 0 aromatic heterocycles. The van der Waals surface area contributed by atoms with Crippen LogP contribution in [0, 0.1) is 0 Å². The molecule has 0 heterocycles. The Balaban J connectivity index is 3.02. The zero-order valence-corrected chi connectivity index (χ0v) is 11.8. The molecule has 0 atom stereocenters. The Morgan fingerprint density at radius 3 is 2.50 bits per heavy atom. The summed E-state index contributed by atoms with van der Waals surface area (Å²) < 4.78 is 5.02. The zero-order valence-electron chi connectivity index (χ0n) is 11.8. The number of rotatable bonds is 6. The van der Waals surface area contributed by atoms with Crippen molar-refractivity contribution in [2.24, 2.45) is 0 Å². The van der Waals surface area contributed by atoms with E-state index >= 15 is 0 Å². The van der Waals surface area contributed by atoms with E-state index < -0.39 is 11.9 Å². The Labute approximate surface area is 117 Å². The smallest absolute Gasteiger partial charge is 0.305 e. The minimum absolute atomic E-state index is 0.0858. The lowest BCUT2D eigenvalue weighted by Gasteiger charge is -2.26. The summed E-state index contributed by atoms with van der Waals surface area (Å²) in [7, 11) is 1.46. The van der Waals surface area contributed by atoms with Crippen LogP contribution >= 0.6 is 0 Å². The fraction of sp³-hybridized carbons (Fsp3) is 0.429. The predicted octanol–water partition coefficient (Wildman–Crippen LogP) is 1.73. The van der Waals surface area contributed by atoms with E-state index in [4.69, 9.17) is 9.84 Å². The molecule has 0 aliphatic carbocycles. The molecule has 0 bridgehead atoms. The van der Waals surface area contributed by atoms with Crippen molar-refractivity contribution in [2.45, 2.75) is 26.3 Å². The molecule has 2 N–H and O–H groups in total.